The number of amides is 2. The van der Waals surface area contributed by atoms with Crippen molar-refractivity contribution >= 4 is 17.4 Å². The van der Waals surface area contributed by atoms with Crippen LogP contribution in [0.15, 0.2) is 30.3 Å². The SMILES string of the molecule is Cc1cc(NCc2ccc(NC(=O)NC(C)C)cc2)c(C#N)c(C)n1. The number of aromatic nitrogens is 1. The molecule has 0 aliphatic rings. The number of rotatable bonds is 5. The van der Waals surface area contributed by atoms with Crippen molar-refractivity contribution in [3.05, 3.63) is 52.8 Å². The molecule has 0 unspecified atom stereocenters. The monoisotopic (exact) mass is 337 g/mol. The molecule has 0 spiro atoms. The van der Waals surface area contributed by atoms with E-state index >= 15 is 0 Å². The molecule has 2 aromatic rings. The second kappa shape index (κ2) is 8.15. The molecule has 6 heteroatoms. The topological polar surface area (TPSA) is 89.8 Å². The van der Waals surface area contributed by atoms with E-state index in [-0.39, 0.29) is 12.1 Å². The lowest BCUT2D eigenvalue weighted by Crippen LogP contribution is -2.34. The van der Waals surface area contributed by atoms with Crippen LogP contribution in [0.5, 0.6) is 0 Å². The average molecular weight is 337 g/mol. The van der Waals surface area contributed by atoms with Gasteiger partial charge in [-0.05, 0) is 51.5 Å². The van der Waals surface area contributed by atoms with Gasteiger partial charge in [0.25, 0.3) is 0 Å². The van der Waals surface area contributed by atoms with Crippen molar-refractivity contribution in [3.8, 4) is 6.07 Å². The predicted octanol–water partition coefficient (Wildman–Crippen LogP) is 3.71. The predicted molar refractivity (Wildman–Crippen MR) is 99.5 cm³/mol. The van der Waals surface area contributed by atoms with Crippen LogP contribution in [0, 0.1) is 25.2 Å². The molecule has 0 saturated carbocycles. The number of anilines is 2. The van der Waals surface area contributed by atoms with Gasteiger partial charge in [-0.15, -0.1) is 0 Å². The van der Waals surface area contributed by atoms with Crippen molar-refractivity contribution in [2.24, 2.45) is 0 Å². The van der Waals surface area contributed by atoms with Gasteiger partial charge in [0.05, 0.1) is 16.9 Å². The van der Waals surface area contributed by atoms with E-state index < -0.39 is 0 Å². The van der Waals surface area contributed by atoms with E-state index in [1.807, 2.05) is 58.0 Å². The van der Waals surface area contributed by atoms with Crippen molar-refractivity contribution in [3.63, 3.8) is 0 Å². The number of urea groups is 1. The van der Waals surface area contributed by atoms with E-state index in [2.05, 4.69) is 27.0 Å². The highest BCUT2D eigenvalue weighted by atomic mass is 16.2. The minimum absolute atomic E-state index is 0.0880. The molecule has 0 radical (unpaired) electrons. The number of pyridine rings is 1. The van der Waals surface area contributed by atoms with Crippen LogP contribution in [0.1, 0.15) is 36.4 Å². The molecule has 1 aromatic carbocycles. The van der Waals surface area contributed by atoms with E-state index in [9.17, 15) is 10.1 Å². The molecule has 2 amide bonds. The largest absolute Gasteiger partial charge is 0.380 e. The summed E-state index contributed by atoms with van der Waals surface area (Å²) in [6.07, 6.45) is 0. The van der Waals surface area contributed by atoms with E-state index in [1.165, 1.54) is 0 Å². The number of carbonyl (C=O) groups excluding carboxylic acids is 1. The maximum Gasteiger partial charge on any atom is 0.319 e. The highest BCUT2D eigenvalue weighted by Crippen LogP contribution is 2.20. The molecule has 0 atom stereocenters. The molecule has 1 aromatic heterocycles. The lowest BCUT2D eigenvalue weighted by atomic mass is 10.1. The number of carbonyl (C=O) groups is 1. The van der Waals surface area contributed by atoms with Crippen LogP contribution in [0.3, 0.4) is 0 Å². The summed E-state index contributed by atoms with van der Waals surface area (Å²) < 4.78 is 0. The summed E-state index contributed by atoms with van der Waals surface area (Å²) >= 11 is 0. The van der Waals surface area contributed by atoms with Crippen molar-refractivity contribution < 1.29 is 4.79 Å². The van der Waals surface area contributed by atoms with E-state index in [0.29, 0.717) is 12.1 Å². The molecule has 0 saturated heterocycles. The molecule has 0 fully saturated rings. The summed E-state index contributed by atoms with van der Waals surface area (Å²) in [6, 6.07) is 11.5. The van der Waals surface area contributed by atoms with Crippen LogP contribution in [-0.2, 0) is 6.54 Å². The number of nitriles is 1. The summed E-state index contributed by atoms with van der Waals surface area (Å²) in [7, 11) is 0. The Morgan fingerprint density at radius 3 is 2.52 bits per heavy atom. The third-order valence-electron chi connectivity index (χ3n) is 3.55. The summed E-state index contributed by atoms with van der Waals surface area (Å²) in [4.78, 5) is 16.0. The van der Waals surface area contributed by atoms with E-state index in [4.69, 9.17) is 0 Å². The minimum Gasteiger partial charge on any atom is -0.380 e. The van der Waals surface area contributed by atoms with Gasteiger partial charge in [0.15, 0.2) is 0 Å². The highest BCUT2D eigenvalue weighted by molar-refractivity contribution is 5.89. The first-order valence-corrected chi connectivity index (χ1v) is 8.17. The van der Waals surface area contributed by atoms with Gasteiger partial charge in [0.2, 0.25) is 0 Å². The Balaban J connectivity index is 2.01. The third-order valence-corrected chi connectivity index (χ3v) is 3.55. The number of nitrogens with zero attached hydrogens (tertiary/aromatic N) is 2. The Morgan fingerprint density at radius 2 is 1.92 bits per heavy atom. The quantitative estimate of drug-likeness (QED) is 0.776. The Morgan fingerprint density at radius 1 is 1.24 bits per heavy atom. The van der Waals surface area contributed by atoms with Gasteiger partial charge in [-0.3, -0.25) is 4.98 Å². The summed E-state index contributed by atoms with van der Waals surface area (Å²) in [5.41, 5.74) is 4.72. The lowest BCUT2D eigenvalue weighted by Gasteiger charge is -2.12. The minimum atomic E-state index is -0.220. The number of benzene rings is 1. The van der Waals surface area contributed by atoms with Gasteiger partial charge in [0, 0.05) is 24.0 Å². The molecule has 0 aliphatic carbocycles. The first-order valence-electron chi connectivity index (χ1n) is 8.17. The van der Waals surface area contributed by atoms with Gasteiger partial charge in [-0.2, -0.15) is 5.26 Å². The van der Waals surface area contributed by atoms with Crippen LogP contribution in [0.4, 0.5) is 16.2 Å². The van der Waals surface area contributed by atoms with Crippen LogP contribution < -0.4 is 16.0 Å². The Bertz CT molecular complexity index is 791. The molecule has 130 valence electrons. The smallest absolute Gasteiger partial charge is 0.319 e. The number of hydrogen-bond acceptors (Lipinski definition) is 4. The fourth-order valence-electron chi connectivity index (χ4n) is 2.44. The molecular formula is C19H23N5O. The number of nitrogens with one attached hydrogen (secondary N) is 3. The zero-order valence-electron chi connectivity index (χ0n) is 15.0. The zero-order valence-corrected chi connectivity index (χ0v) is 15.0. The van der Waals surface area contributed by atoms with Crippen molar-refractivity contribution in [2.45, 2.75) is 40.3 Å². The van der Waals surface area contributed by atoms with Crippen LogP contribution in [0.2, 0.25) is 0 Å². The molecule has 3 N–H and O–H groups in total. The van der Waals surface area contributed by atoms with Crippen LogP contribution in [-0.4, -0.2) is 17.1 Å². The summed E-state index contributed by atoms with van der Waals surface area (Å²) in [5.74, 6) is 0. The maximum absolute atomic E-state index is 11.7. The van der Waals surface area contributed by atoms with Gasteiger partial charge >= 0.3 is 6.03 Å². The van der Waals surface area contributed by atoms with Gasteiger partial charge in [-0.25, -0.2) is 4.79 Å². The number of hydrogen-bond donors (Lipinski definition) is 3. The summed E-state index contributed by atoms with van der Waals surface area (Å²) in [6.45, 7) is 8.14. The molecule has 25 heavy (non-hydrogen) atoms. The fourth-order valence-corrected chi connectivity index (χ4v) is 2.44. The Labute approximate surface area is 148 Å². The standard InChI is InChI=1S/C19H23N5O/c1-12(2)22-19(25)24-16-7-5-15(6-8-16)11-21-18-9-13(3)23-14(4)17(18)10-20/h5-9,12H,11H2,1-4H3,(H,21,23)(H2,22,24,25). The maximum atomic E-state index is 11.7. The molecule has 1 heterocycles. The van der Waals surface area contributed by atoms with Crippen molar-refractivity contribution in [1.82, 2.24) is 10.3 Å². The molecule has 6 nitrogen and oxygen atoms in total. The first kappa shape index (κ1) is 18.3. The fraction of sp³-hybridized carbons (Fsp3) is 0.316. The molecule has 2 rings (SSSR count). The number of aryl methyl sites for hydroxylation is 2. The second-order valence-electron chi connectivity index (χ2n) is 6.19. The molecular weight excluding hydrogens is 314 g/mol. The van der Waals surface area contributed by atoms with Crippen molar-refractivity contribution in [1.29, 1.82) is 5.26 Å². The summed E-state index contributed by atoms with van der Waals surface area (Å²) in [5, 5.41) is 18.1. The second-order valence-corrected chi connectivity index (χ2v) is 6.19. The third kappa shape index (κ3) is 5.21. The van der Waals surface area contributed by atoms with Crippen LogP contribution >= 0.6 is 0 Å². The Kier molecular flexibility index (Phi) is 5.96. The van der Waals surface area contributed by atoms with Crippen molar-refractivity contribution in [2.75, 3.05) is 10.6 Å². The van der Waals surface area contributed by atoms with Gasteiger partial charge < -0.3 is 16.0 Å². The highest BCUT2D eigenvalue weighted by Gasteiger charge is 2.08. The van der Waals surface area contributed by atoms with Gasteiger partial charge in [0.1, 0.15) is 6.07 Å². The zero-order chi connectivity index (χ0) is 18.4. The van der Waals surface area contributed by atoms with E-state index in [1.54, 1.807) is 0 Å². The Hall–Kier alpha value is -3.07. The van der Waals surface area contributed by atoms with Gasteiger partial charge in [-0.1, -0.05) is 12.1 Å². The van der Waals surface area contributed by atoms with Crippen LogP contribution in [0.25, 0.3) is 0 Å². The molecule has 0 aliphatic heterocycles. The molecule has 0 bridgehead atoms. The average Bonchev–Trinajstić information content (AvgIpc) is 2.53. The first-order chi connectivity index (χ1) is 11.9. The normalized spacial score (nSPS) is 10.2. The lowest BCUT2D eigenvalue weighted by molar-refractivity contribution is 0.250. The van der Waals surface area contributed by atoms with E-state index in [0.717, 1.165) is 28.3 Å².